The molecule has 4 nitrogen and oxygen atoms in total. The number of Topliss-reactive ketones (excluding diaryl/α,β-unsaturated/α-hetero) is 2. The van der Waals surface area contributed by atoms with E-state index in [1.165, 1.54) is 0 Å². The highest BCUT2D eigenvalue weighted by molar-refractivity contribution is 6.29. The van der Waals surface area contributed by atoms with Crippen LogP contribution in [-0.2, 0) is 0 Å². The molecule has 2 aromatic rings. The van der Waals surface area contributed by atoms with Crippen molar-refractivity contribution in [2.24, 2.45) is 5.92 Å². The van der Waals surface area contributed by atoms with Crippen LogP contribution in [0.1, 0.15) is 70.0 Å². The van der Waals surface area contributed by atoms with E-state index < -0.39 is 0 Å². The van der Waals surface area contributed by atoms with Crippen molar-refractivity contribution in [1.29, 1.82) is 0 Å². The molecular formula is C19H17NO3. The molecule has 2 aliphatic rings. The van der Waals surface area contributed by atoms with E-state index in [-0.39, 0.29) is 35.7 Å². The van der Waals surface area contributed by atoms with Gasteiger partial charge >= 0.3 is 0 Å². The van der Waals surface area contributed by atoms with Crippen molar-refractivity contribution < 1.29 is 14.4 Å². The summed E-state index contributed by atoms with van der Waals surface area (Å²) in [6.45, 7) is 5.73. The summed E-state index contributed by atoms with van der Waals surface area (Å²) in [6, 6.07) is 7.37. The van der Waals surface area contributed by atoms with E-state index >= 15 is 0 Å². The number of aromatic nitrogens is 1. The predicted molar refractivity (Wildman–Crippen MR) is 86.1 cm³/mol. The van der Waals surface area contributed by atoms with E-state index in [9.17, 15) is 14.4 Å². The fourth-order valence-electron chi connectivity index (χ4n) is 3.83. The van der Waals surface area contributed by atoms with Crippen molar-refractivity contribution in [1.82, 2.24) is 4.57 Å². The van der Waals surface area contributed by atoms with Crippen molar-refractivity contribution in [3.05, 3.63) is 46.6 Å². The summed E-state index contributed by atoms with van der Waals surface area (Å²) in [5.41, 5.74) is 3.38. The van der Waals surface area contributed by atoms with Gasteiger partial charge in [-0.05, 0) is 13.8 Å². The fourth-order valence-corrected chi connectivity index (χ4v) is 3.83. The van der Waals surface area contributed by atoms with Gasteiger partial charge in [-0.2, -0.15) is 0 Å². The van der Waals surface area contributed by atoms with Gasteiger partial charge in [0.05, 0.1) is 22.5 Å². The Hall–Kier alpha value is -2.49. The molecule has 0 radical (unpaired) electrons. The van der Waals surface area contributed by atoms with Gasteiger partial charge in [-0.3, -0.25) is 14.4 Å². The Balaban J connectivity index is 2.16. The van der Waals surface area contributed by atoms with Crippen molar-refractivity contribution in [2.45, 2.75) is 33.2 Å². The molecule has 1 heterocycles. The Morgan fingerprint density at radius 1 is 1.00 bits per heavy atom. The Morgan fingerprint density at radius 2 is 1.65 bits per heavy atom. The molecule has 1 aromatic heterocycles. The van der Waals surface area contributed by atoms with E-state index in [0.29, 0.717) is 22.4 Å². The minimum atomic E-state index is -0.326. The molecule has 116 valence electrons. The first-order valence-corrected chi connectivity index (χ1v) is 7.93. The van der Waals surface area contributed by atoms with Gasteiger partial charge in [-0.25, -0.2) is 0 Å². The van der Waals surface area contributed by atoms with E-state index in [4.69, 9.17) is 0 Å². The van der Waals surface area contributed by atoms with Crippen LogP contribution in [0, 0.1) is 5.92 Å². The van der Waals surface area contributed by atoms with Gasteiger partial charge in [0.2, 0.25) is 0 Å². The summed E-state index contributed by atoms with van der Waals surface area (Å²) in [4.78, 5) is 38.2. The number of hydrogen-bond acceptors (Lipinski definition) is 3. The molecule has 0 N–H and O–H groups in total. The van der Waals surface area contributed by atoms with Gasteiger partial charge < -0.3 is 4.57 Å². The zero-order valence-corrected chi connectivity index (χ0v) is 13.3. The monoisotopic (exact) mass is 307 g/mol. The van der Waals surface area contributed by atoms with E-state index in [1.54, 1.807) is 13.0 Å². The molecule has 4 rings (SSSR count). The second-order valence-corrected chi connectivity index (χ2v) is 6.68. The van der Waals surface area contributed by atoms with Crippen LogP contribution in [0.3, 0.4) is 0 Å². The third-order valence-corrected chi connectivity index (χ3v) is 4.83. The van der Waals surface area contributed by atoms with Crippen LogP contribution in [0.5, 0.6) is 0 Å². The lowest BCUT2D eigenvalue weighted by Crippen LogP contribution is -2.28. The van der Waals surface area contributed by atoms with Crippen molar-refractivity contribution >= 4 is 17.3 Å². The molecule has 0 spiro atoms. The van der Waals surface area contributed by atoms with Crippen LogP contribution < -0.4 is 0 Å². The number of rotatable bonds is 1. The average Bonchev–Trinajstić information content (AvgIpc) is 3.00. The predicted octanol–water partition coefficient (Wildman–Crippen LogP) is 3.69. The fraction of sp³-hybridized carbons (Fsp3) is 0.316. The molecule has 0 saturated carbocycles. The van der Waals surface area contributed by atoms with Gasteiger partial charge in [-0.15, -0.1) is 0 Å². The van der Waals surface area contributed by atoms with Crippen LogP contribution in [0.25, 0.3) is 11.3 Å². The number of ketones is 3. The van der Waals surface area contributed by atoms with Crippen LogP contribution in [0.4, 0.5) is 0 Å². The van der Waals surface area contributed by atoms with Crippen molar-refractivity contribution in [3.8, 4) is 11.3 Å². The average molecular weight is 307 g/mol. The standard InChI is InChI=1S/C19H17NO3/c1-9(2)20-16-11-6-4-5-7-12(11)19(23)15(16)14-13(21)8-10(3)18(22)17(14)20/h4-7,9-10H,8H2,1-3H3. The summed E-state index contributed by atoms with van der Waals surface area (Å²) in [5, 5.41) is 0. The Bertz CT molecular complexity index is 902. The van der Waals surface area contributed by atoms with Gasteiger partial charge in [0.25, 0.3) is 0 Å². The number of carbonyl (C=O) groups is 3. The maximum absolute atomic E-state index is 12.9. The molecule has 0 saturated heterocycles. The molecular weight excluding hydrogens is 290 g/mol. The number of hydrogen-bond donors (Lipinski definition) is 0. The lowest BCUT2D eigenvalue weighted by molar-refractivity contribution is 0.0825. The summed E-state index contributed by atoms with van der Waals surface area (Å²) >= 11 is 0. The largest absolute Gasteiger partial charge is 0.334 e. The Morgan fingerprint density at radius 3 is 2.30 bits per heavy atom. The number of nitrogens with zero attached hydrogens (tertiary/aromatic N) is 1. The van der Waals surface area contributed by atoms with E-state index in [2.05, 4.69) is 0 Å². The maximum Gasteiger partial charge on any atom is 0.196 e. The normalized spacial score (nSPS) is 19.1. The number of benzene rings is 1. The van der Waals surface area contributed by atoms with E-state index in [1.807, 2.05) is 36.6 Å². The molecule has 23 heavy (non-hydrogen) atoms. The first-order valence-electron chi connectivity index (χ1n) is 7.93. The van der Waals surface area contributed by atoms with Crippen LogP contribution in [-0.4, -0.2) is 21.9 Å². The Labute approximate surface area is 134 Å². The first kappa shape index (κ1) is 14.1. The van der Waals surface area contributed by atoms with Gasteiger partial charge in [0.1, 0.15) is 0 Å². The molecule has 0 fully saturated rings. The minimum absolute atomic E-state index is 0.00601. The highest BCUT2D eigenvalue weighted by atomic mass is 16.1. The van der Waals surface area contributed by atoms with Gasteiger partial charge in [0.15, 0.2) is 17.3 Å². The van der Waals surface area contributed by atoms with Crippen LogP contribution >= 0.6 is 0 Å². The Kier molecular flexibility index (Phi) is 2.77. The molecule has 1 aromatic carbocycles. The SMILES string of the molecule is CC1CC(=O)c2c3c(n(C(C)C)c2C1=O)-c1ccccc1C3=O. The third-order valence-electron chi connectivity index (χ3n) is 4.83. The van der Waals surface area contributed by atoms with E-state index in [0.717, 1.165) is 11.3 Å². The van der Waals surface area contributed by atoms with Crippen LogP contribution in [0.15, 0.2) is 24.3 Å². The molecule has 0 amide bonds. The minimum Gasteiger partial charge on any atom is -0.334 e. The second kappa shape index (κ2) is 4.51. The topological polar surface area (TPSA) is 56.1 Å². The molecule has 0 bridgehead atoms. The molecule has 2 aliphatic carbocycles. The summed E-state index contributed by atoms with van der Waals surface area (Å²) in [5.74, 6) is -0.591. The maximum atomic E-state index is 12.9. The second-order valence-electron chi connectivity index (χ2n) is 6.68. The molecule has 0 aliphatic heterocycles. The van der Waals surface area contributed by atoms with Gasteiger partial charge in [0, 0.05) is 29.5 Å². The lowest BCUT2D eigenvalue weighted by atomic mass is 9.84. The van der Waals surface area contributed by atoms with Crippen molar-refractivity contribution in [3.63, 3.8) is 0 Å². The smallest absolute Gasteiger partial charge is 0.196 e. The summed E-state index contributed by atoms with van der Waals surface area (Å²) in [6.07, 6.45) is 0.185. The summed E-state index contributed by atoms with van der Waals surface area (Å²) in [7, 11) is 0. The van der Waals surface area contributed by atoms with Crippen LogP contribution in [0.2, 0.25) is 0 Å². The molecule has 1 atom stereocenters. The highest BCUT2D eigenvalue weighted by Gasteiger charge is 2.44. The van der Waals surface area contributed by atoms with Gasteiger partial charge in [-0.1, -0.05) is 31.2 Å². The summed E-state index contributed by atoms with van der Waals surface area (Å²) < 4.78 is 1.89. The first-order chi connectivity index (χ1) is 10.9. The zero-order valence-electron chi connectivity index (χ0n) is 13.3. The number of carbonyl (C=O) groups excluding carboxylic acids is 3. The lowest BCUT2D eigenvalue weighted by Gasteiger charge is -2.22. The highest BCUT2D eigenvalue weighted by Crippen LogP contribution is 2.45. The number of fused-ring (bicyclic) bond motifs is 5. The third kappa shape index (κ3) is 1.63. The quantitative estimate of drug-likeness (QED) is 0.689. The molecule has 4 heteroatoms. The van der Waals surface area contributed by atoms with Crippen molar-refractivity contribution in [2.75, 3.05) is 0 Å². The zero-order chi connectivity index (χ0) is 16.5. The molecule has 1 unspecified atom stereocenters.